The molecule has 0 aromatic heterocycles. The van der Waals surface area contributed by atoms with Gasteiger partial charge in [-0.15, -0.1) is 0 Å². The number of ether oxygens (including phenoxy) is 3. The first kappa shape index (κ1) is 79.3. The predicted octanol–water partition coefficient (Wildman–Crippen LogP) is 24.8. The molecule has 0 aromatic rings. The molecular weight excluding hydrogens is 1020 g/mol. The van der Waals surface area contributed by atoms with Gasteiger partial charge in [-0.2, -0.15) is 0 Å². The van der Waals surface area contributed by atoms with Gasteiger partial charge < -0.3 is 14.2 Å². The van der Waals surface area contributed by atoms with Gasteiger partial charge >= 0.3 is 17.9 Å². The van der Waals surface area contributed by atoms with Gasteiger partial charge in [0, 0.05) is 19.3 Å². The van der Waals surface area contributed by atoms with E-state index in [-0.39, 0.29) is 31.1 Å². The quantitative estimate of drug-likeness (QED) is 0.0261. The standard InChI is InChI=1S/C77H134O6/c1-4-7-10-13-16-19-22-25-28-31-34-36-37-38-39-41-43-46-49-52-55-58-61-64-67-70-76(79)82-73-74(72-81-75(78)69-66-63-60-57-54-51-48-45-42-33-30-27-24-21-18-15-12-9-6-3)83-77(80)71-68-65-62-59-56-53-50-47-44-40-35-32-29-26-23-20-17-14-11-8-5-2/h7,10,16,19,23,25-26,28,32,34-36,38-39,43,46,74H,4-6,8-9,11-15,17-18,20-22,24,27,29-31,33,37,40-42,44-45,47-73H2,1-3H3/b10-7-,19-16-,26-23-,28-25-,35-32-,36-34-,39-38-,46-43-. The van der Waals surface area contributed by atoms with Crippen molar-refractivity contribution in [2.75, 3.05) is 13.2 Å². The van der Waals surface area contributed by atoms with Crippen LogP contribution in [0.2, 0.25) is 0 Å². The fraction of sp³-hybridized carbons (Fsp3) is 0.753. The predicted molar refractivity (Wildman–Crippen MR) is 362 cm³/mol. The Bertz CT molecular complexity index is 1610. The van der Waals surface area contributed by atoms with Crippen LogP contribution in [0.15, 0.2) is 97.2 Å². The van der Waals surface area contributed by atoms with Crippen molar-refractivity contribution in [3.63, 3.8) is 0 Å². The second kappa shape index (κ2) is 70.8. The lowest BCUT2D eigenvalue weighted by molar-refractivity contribution is -0.167. The Morgan fingerprint density at radius 1 is 0.253 bits per heavy atom. The molecule has 1 unspecified atom stereocenters. The van der Waals surface area contributed by atoms with Crippen LogP contribution in [0.25, 0.3) is 0 Å². The van der Waals surface area contributed by atoms with Gasteiger partial charge in [0.25, 0.3) is 0 Å². The molecule has 0 aliphatic rings. The molecule has 478 valence electrons. The molecule has 0 aliphatic carbocycles. The number of esters is 3. The Labute approximate surface area is 515 Å². The molecule has 6 nitrogen and oxygen atoms in total. The van der Waals surface area contributed by atoms with E-state index in [0.29, 0.717) is 19.3 Å². The molecule has 0 amide bonds. The van der Waals surface area contributed by atoms with E-state index in [9.17, 15) is 14.4 Å². The zero-order chi connectivity index (χ0) is 59.9. The van der Waals surface area contributed by atoms with Crippen LogP contribution in [0.1, 0.15) is 355 Å². The van der Waals surface area contributed by atoms with Crippen molar-refractivity contribution in [3.05, 3.63) is 97.2 Å². The van der Waals surface area contributed by atoms with E-state index in [2.05, 4.69) is 118 Å². The monoisotopic (exact) mass is 1160 g/mol. The summed E-state index contributed by atoms with van der Waals surface area (Å²) in [6.45, 7) is 6.55. The van der Waals surface area contributed by atoms with Crippen molar-refractivity contribution in [2.24, 2.45) is 0 Å². The summed E-state index contributed by atoms with van der Waals surface area (Å²) in [4.78, 5) is 38.5. The average Bonchev–Trinajstić information content (AvgIpc) is 3.50. The SMILES string of the molecule is CC/C=C\C/C=C\C/C=C\C/C=C\C/C=C\C/C=C\CCCCCCCCC(=O)OCC(COC(=O)CCCCCCCCCCCCCCCCCCCCC)OC(=O)CCCCCCCCCCC/C=C\C/C=C\CCCCCCC. The van der Waals surface area contributed by atoms with E-state index in [4.69, 9.17) is 14.2 Å². The first-order chi connectivity index (χ1) is 41.0. The smallest absolute Gasteiger partial charge is 0.306 e. The van der Waals surface area contributed by atoms with Gasteiger partial charge in [0.15, 0.2) is 6.10 Å². The highest BCUT2D eigenvalue weighted by Gasteiger charge is 2.19. The van der Waals surface area contributed by atoms with Gasteiger partial charge in [-0.25, -0.2) is 0 Å². The third-order valence-electron chi connectivity index (χ3n) is 15.6. The first-order valence-electron chi connectivity index (χ1n) is 35.7. The van der Waals surface area contributed by atoms with Crippen molar-refractivity contribution in [3.8, 4) is 0 Å². The van der Waals surface area contributed by atoms with Gasteiger partial charge in [-0.1, -0.05) is 330 Å². The lowest BCUT2D eigenvalue weighted by Gasteiger charge is -2.18. The van der Waals surface area contributed by atoms with Crippen LogP contribution in [0.5, 0.6) is 0 Å². The third kappa shape index (κ3) is 69.0. The van der Waals surface area contributed by atoms with Crippen LogP contribution < -0.4 is 0 Å². The van der Waals surface area contributed by atoms with E-state index in [1.54, 1.807) is 0 Å². The minimum atomic E-state index is -0.788. The highest BCUT2D eigenvalue weighted by molar-refractivity contribution is 5.71. The second-order valence-corrected chi connectivity index (χ2v) is 23.8. The molecule has 0 radical (unpaired) electrons. The summed E-state index contributed by atoms with van der Waals surface area (Å²) in [6, 6.07) is 0. The molecule has 1 atom stereocenters. The Morgan fingerprint density at radius 3 is 0.735 bits per heavy atom. The number of allylic oxidation sites excluding steroid dienone is 16. The lowest BCUT2D eigenvalue weighted by Crippen LogP contribution is -2.30. The zero-order valence-corrected chi connectivity index (χ0v) is 54.9. The van der Waals surface area contributed by atoms with E-state index < -0.39 is 6.10 Å². The molecule has 0 bridgehead atoms. The molecule has 0 N–H and O–H groups in total. The molecule has 0 aromatic carbocycles. The minimum absolute atomic E-state index is 0.0809. The van der Waals surface area contributed by atoms with Crippen molar-refractivity contribution in [1.29, 1.82) is 0 Å². The fourth-order valence-electron chi connectivity index (χ4n) is 10.2. The number of hydrogen-bond donors (Lipinski definition) is 0. The summed E-state index contributed by atoms with van der Waals surface area (Å²) < 4.78 is 17.0. The molecule has 0 aliphatic heterocycles. The van der Waals surface area contributed by atoms with Crippen molar-refractivity contribution < 1.29 is 28.6 Å². The summed E-state index contributed by atoms with van der Waals surface area (Å²) in [5.41, 5.74) is 0. The van der Waals surface area contributed by atoms with E-state index >= 15 is 0 Å². The maximum atomic E-state index is 13.0. The number of hydrogen-bond acceptors (Lipinski definition) is 6. The van der Waals surface area contributed by atoms with Crippen molar-refractivity contribution >= 4 is 17.9 Å². The minimum Gasteiger partial charge on any atom is -0.462 e. The summed E-state index contributed by atoms with van der Waals surface area (Å²) in [7, 11) is 0. The molecule has 0 rings (SSSR count). The summed E-state index contributed by atoms with van der Waals surface area (Å²) in [6.07, 6.45) is 95.6. The molecule has 83 heavy (non-hydrogen) atoms. The number of unbranched alkanes of at least 4 members (excludes halogenated alkanes) is 38. The normalized spacial score (nSPS) is 12.7. The maximum Gasteiger partial charge on any atom is 0.306 e. The van der Waals surface area contributed by atoms with Gasteiger partial charge in [0.1, 0.15) is 13.2 Å². The fourth-order valence-corrected chi connectivity index (χ4v) is 10.2. The van der Waals surface area contributed by atoms with E-state index in [1.165, 1.54) is 199 Å². The molecule has 0 fully saturated rings. The molecule has 0 saturated heterocycles. The van der Waals surface area contributed by atoms with Crippen LogP contribution in [0, 0.1) is 0 Å². The van der Waals surface area contributed by atoms with Gasteiger partial charge in [-0.05, 0) is 103 Å². The average molecular weight is 1160 g/mol. The Kier molecular flexibility index (Phi) is 67.7. The molecule has 6 heteroatoms. The Balaban J connectivity index is 4.40. The zero-order valence-electron chi connectivity index (χ0n) is 54.9. The molecule has 0 saturated carbocycles. The van der Waals surface area contributed by atoms with Crippen LogP contribution in [-0.4, -0.2) is 37.2 Å². The highest BCUT2D eigenvalue weighted by Crippen LogP contribution is 2.17. The van der Waals surface area contributed by atoms with Crippen molar-refractivity contribution in [2.45, 2.75) is 361 Å². The summed E-state index contributed by atoms with van der Waals surface area (Å²) >= 11 is 0. The summed E-state index contributed by atoms with van der Waals surface area (Å²) in [5, 5.41) is 0. The first-order valence-corrected chi connectivity index (χ1v) is 35.7. The number of carbonyl (C=O) groups excluding carboxylic acids is 3. The molecule has 0 spiro atoms. The topological polar surface area (TPSA) is 78.9 Å². The van der Waals surface area contributed by atoms with Crippen molar-refractivity contribution in [1.82, 2.24) is 0 Å². The molecular formula is C77H134O6. The lowest BCUT2D eigenvalue weighted by atomic mass is 10.0. The Hall–Kier alpha value is -3.67. The second-order valence-electron chi connectivity index (χ2n) is 23.8. The molecule has 0 heterocycles. The third-order valence-corrected chi connectivity index (χ3v) is 15.6. The van der Waals surface area contributed by atoms with E-state index in [0.717, 1.165) is 116 Å². The number of rotatable bonds is 65. The Morgan fingerprint density at radius 2 is 0.470 bits per heavy atom. The van der Waals surface area contributed by atoms with Crippen LogP contribution >= 0.6 is 0 Å². The van der Waals surface area contributed by atoms with Crippen LogP contribution in [-0.2, 0) is 28.6 Å². The van der Waals surface area contributed by atoms with Gasteiger partial charge in [0.2, 0.25) is 0 Å². The van der Waals surface area contributed by atoms with E-state index in [1.807, 2.05) is 0 Å². The van der Waals surface area contributed by atoms with Crippen LogP contribution in [0.4, 0.5) is 0 Å². The largest absolute Gasteiger partial charge is 0.462 e. The van der Waals surface area contributed by atoms with Gasteiger partial charge in [0.05, 0.1) is 0 Å². The van der Waals surface area contributed by atoms with Gasteiger partial charge in [-0.3, -0.25) is 14.4 Å². The highest BCUT2D eigenvalue weighted by atomic mass is 16.6. The number of carbonyl (C=O) groups is 3. The maximum absolute atomic E-state index is 13.0. The summed E-state index contributed by atoms with van der Waals surface area (Å²) in [5.74, 6) is -0.881. The van der Waals surface area contributed by atoms with Crippen LogP contribution in [0.3, 0.4) is 0 Å².